The third kappa shape index (κ3) is 2.70. The van der Waals surface area contributed by atoms with Crippen molar-refractivity contribution >= 4 is 5.97 Å². The van der Waals surface area contributed by atoms with Crippen LogP contribution in [0.15, 0.2) is 12.2 Å². The summed E-state index contributed by atoms with van der Waals surface area (Å²) >= 11 is 0. The largest absolute Gasteiger partial charge is 0.456 e. The van der Waals surface area contributed by atoms with Crippen LogP contribution in [0.5, 0.6) is 0 Å². The van der Waals surface area contributed by atoms with Gasteiger partial charge in [-0.05, 0) is 32.3 Å². The van der Waals surface area contributed by atoms with E-state index in [0.717, 1.165) is 25.7 Å². The molecule has 0 amide bonds. The standard InChI is InChI=1S/C16H21NO4/c1-10(9-17)7-12-3-4-15-16(21-12)6-5-13(19-11(2)18)14(8-16)20-15/h5-6,10,12-15H,3-4,7-8H2,1-2H3/t10-,12-,13-,14-,15?,16+/m1/s1. The summed E-state index contributed by atoms with van der Waals surface area (Å²) in [5.41, 5.74) is -0.389. The summed E-state index contributed by atoms with van der Waals surface area (Å²) in [7, 11) is 0. The van der Waals surface area contributed by atoms with E-state index in [0.29, 0.717) is 0 Å². The van der Waals surface area contributed by atoms with Gasteiger partial charge < -0.3 is 14.2 Å². The minimum Gasteiger partial charge on any atom is -0.456 e. The van der Waals surface area contributed by atoms with Crippen molar-refractivity contribution in [3.8, 4) is 6.07 Å². The number of esters is 1. The average molecular weight is 291 g/mol. The Labute approximate surface area is 124 Å². The molecule has 1 spiro atoms. The average Bonchev–Trinajstić information content (AvgIpc) is 2.75. The molecule has 1 unspecified atom stereocenters. The van der Waals surface area contributed by atoms with Crippen LogP contribution in [0.4, 0.5) is 0 Å². The van der Waals surface area contributed by atoms with E-state index in [9.17, 15) is 4.79 Å². The molecule has 5 nitrogen and oxygen atoms in total. The summed E-state index contributed by atoms with van der Waals surface area (Å²) < 4.78 is 17.6. The van der Waals surface area contributed by atoms with Gasteiger partial charge in [-0.1, -0.05) is 6.08 Å². The third-order valence-corrected chi connectivity index (χ3v) is 4.61. The van der Waals surface area contributed by atoms with Crippen molar-refractivity contribution in [3.05, 3.63) is 12.2 Å². The fraction of sp³-hybridized carbons (Fsp3) is 0.750. The molecule has 5 heteroatoms. The Morgan fingerprint density at radius 2 is 2.38 bits per heavy atom. The molecule has 2 saturated heterocycles. The van der Waals surface area contributed by atoms with Crippen LogP contribution < -0.4 is 0 Å². The van der Waals surface area contributed by atoms with Gasteiger partial charge in [-0.25, -0.2) is 0 Å². The fourth-order valence-electron chi connectivity index (χ4n) is 3.67. The lowest BCUT2D eigenvalue weighted by Crippen LogP contribution is -2.48. The normalized spacial score (nSPS) is 42.0. The van der Waals surface area contributed by atoms with Crippen LogP contribution in [0.2, 0.25) is 0 Å². The number of rotatable bonds is 3. The quantitative estimate of drug-likeness (QED) is 0.588. The number of hydrogen-bond donors (Lipinski definition) is 0. The van der Waals surface area contributed by atoms with E-state index >= 15 is 0 Å². The Bertz CT molecular complexity index is 497. The van der Waals surface area contributed by atoms with Crippen LogP contribution in [0.25, 0.3) is 0 Å². The van der Waals surface area contributed by atoms with Gasteiger partial charge in [0.1, 0.15) is 17.8 Å². The van der Waals surface area contributed by atoms with Crippen LogP contribution in [0, 0.1) is 17.2 Å². The zero-order chi connectivity index (χ0) is 15.0. The highest BCUT2D eigenvalue weighted by Crippen LogP contribution is 2.47. The second-order valence-electron chi connectivity index (χ2n) is 6.34. The van der Waals surface area contributed by atoms with Crippen molar-refractivity contribution in [1.82, 2.24) is 0 Å². The monoisotopic (exact) mass is 291 g/mol. The number of carbonyl (C=O) groups excluding carboxylic acids is 1. The molecule has 21 heavy (non-hydrogen) atoms. The maximum absolute atomic E-state index is 11.1. The second kappa shape index (κ2) is 5.43. The number of fused-ring (bicyclic) bond motifs is 1. The van der Waals surface area contributed by atoms with Crippen LogP contribution in [0.1, 0.15) is 39.5 Å². The van der Waals surface area contributed by atoms with Crippen LogP contribution in [0.3, 0.4) is 0 Å². The lowest BCUT2D eigenvalue weighted by molar-refractivity contribution is -0.152. The molecule has 2 aliphatic heterocycles. The highest BCUT2D eigenvalue weighted by Gasteiger charge is 2.55. The number of ether oxygens (including phenoxy) is 3. The molecule has 3 rings (SSSR count). The highest BCUT2D eigenvalue weighted by molar-refractivity contribution is 5.66. The maximum Gasteiger partial charge on any atom is 0.303 e. The van der Waals surface area contributed by atoms with Gasteiger partial charge >= 0.3 is 5.97 Å². The van der Waals surface area contributed by atoms with E-state index in [-0.39, 0.29) is 41.9 Å². The molecular weight excluding hydrogens is 270 g/mol. The van der Waals surface area contributed by atoms with Crippen LogP contribution >= 0.6 is 0 Å². The van der Waals surface area contributed by atoms with Gasteiger partial charge in [-0.15, -0.1) is 0 Å². The molecule has 6 atom stereocenters. The summed E-state index contributed by atoms with van der Waals surface area (Å²) in [5.74, 6) is -0.289. The molecule has 0 N–H and O–H groups in total. The molecule has 2 fully saturated rings. The zero-order valence-corrected chi connectivity index (χ0v) is 12.5. The summed E-state index contributed by atoms with van der Waals surface area (Å²) in [5, 5.41) is 8.95. The Hall–Kier alpha value is -1.38. The van der Waals surface area contributed by atoms with Crippen LogP contribution in [-0.4, -0.2) is 36.0 Å². The Kier molecular flexibility index (Phi) is 3.76. The number of carbonyl (C=O) groups is 1. The van der Waals surface area contributed by atoms with Gasteiger partial charge in [-0.2, -0.15) is 5.26 Å². The highest BCUT2D eigenvalue weighted by atomic mass is 16.6. The molecule has 0 aromatic heterocycles. The number of nitriles is 1. The predicted octanol–water partition coefficient (Wildman–Crippen LogP) is 2.11. The molecule has 0 aromatic rings. The predicted molar refractivity (Wildman–Crippen MR) is 74.2 cm³/mol. The topological polar surface area (TPSA) is 68.5 Å². The molecule has 0 radical (unpaired) electrons. The van der Waals surface area contributed by atoms with Crippen molar-refractivity contribution in [3.63, 3.8) is 0 Å². The molecule has 2 heterocycles. The van der Waals surface area contributed by atoms with Gasteiger partial charge in [-0.3, -0.25) is 4.79 Å². The number of nitrogens with zero attached hydrogens (tertiary/aromatic N) is 1. The van der Waals surface area contributed by atoms with E-state index in [1.807, 2.05) is 19.1 Å². The van der Waals surface area contributed by atoms with E-state index in [1.54, 1.807) is 0 Å². The van der Waals surface area contributed by atoms with Gasteiger partial charge in [0.05, 0.1) is 18.3 Å². The molecule has 2 bridgehead atoms. The SMILES string of the molecule is CC(=O)O[C@@H]1C=C[C@]23C[C@H]1OC2CC[C@H](C[C@@H](C)C#N)O3. The summed E-state index contributed by atoms with van der Waals surface area (Å²) in [6.07, 6.45) is 6.95. The summed E-state index contributed by atoms with van der Waals surface area (Å²) in [6, 6.07) is 2.27. The molecule has 1 aliphatic carbocycles. The van der Waals surface area contributed by atoms with Gasteiger partial charge in [0.2, 0.25) is 0 Å². The second-order valence-corrected chi connectivity index (χ2v) is 6.34. The first kappa shape index (κ1) is 14.6. The lowest BCUT2D eigenvalue weighted by Gasteiger charge is -2.41. The fourth-order valence-corrected chi connectivity index (χ4v) is 3.67. The van der Waals surface area contributed by atoms with Crippen molar-refractivity contribution in [2.24, 2.45) is 5.92 Å². The first-order valence-electron chi connectivity index (χ1n) is 7.62. The van der Waals surface area contributed by atoms with Gasteiger partial charge in [0.25, 0.3) is 0 Å². The molecule has 3 aliphatic rings. The Morgan fingerprint density at radius 3 is 3.10 bits per heavy atom. The number of hydrogen-bond acceptors (Lipinski definition) is 5. The molecule has 0 aromatic carbocycles. The molecule has 114 valence electrons. The van der Waals surface area contributed by atoms with Gasteiger partial charge in [0, 0.05) is 19.3 Å². The first-order chi connectivity index (χ1) is 10.0. The summed E-state index contributed by atoms with van der Waals surface area (Å²) in [6.45, 7) is 3.34. The van der Waals surface area contributed by atoms with Crippen molar-refractivity contribution in [1.29, 1.82) is 5.26 Å². The van der Waals surface area contributed by atoms with E-state index in [4.69, 9.17) is 19.5 Å². The first-order valence-corrected chi connectivity index (χ1v) is 7.62. The van der Waals surface area contributed by atoms with Crippen molar-refractivity contribution in [2.75, 3.05) is 0 Å². The molecule has 0 saturated carbocycles. The van der Waals surface area contributed by atoms with E-state index in [1.165, 1.54) is 6.92 Å². The van der Waals surface area contributed by atoms with Crippen LogP contribution in [-0.2, 0) is 19.0 Å². The van der Waals surface area contributed by atoms with E-state index in [2.05, 4.69) is 6.07 Å². The minimum atomic E-state index is -0.389. The summed E-state index contributed by atoms with van der Waals surface area (Å²) in [4.78, 5) is 11.1. The van der Waals surface area contributed by atoms with Crippen molar-refractivity contribution < 1.29 is 19.0 Å². The Morgan fingerprint density at radius 1 is 1.57 bits per heavy atom. The maximum atomic E-state index is 11.1. The van der Waals surface area contributed by atoms with Crippen molar-refractivity contribution in [2.45, 2.75) is 69.5 Å². The van der Waals surface area contributed by atoms with Gasteiger partial charge in [0.15, 0.2) is 0 Å². The minimum absolute atomic E-state index is 0.00225. The Balaban J connectivity index is 1.71. The smallest absolute Gasteiger partial charge is 0.303 e. The van der Waals surface area contributed by atoms with E-state index < -0.39 is 0 Å². The zero-order valence-electron chi connectivity index (χ0n) is 12.5. The lowest BCUT2D eigenvalue weighted by atomic mass is 9.81. The third-order valence-electron chi connectivity index (χ3n) is 4.61. The molecular formula is C16H21NO4.